The molecule has 0 aliphatic carbocycles. The average molecular weight is 266 g/mol. The summed E-state index contributed by atoms with van der Waals surface area (Å²) in [4.78, 5) is 0. The van der Waals surface area contributed by atoms with Crippen molar-refractivity contribution in [1.29, 1.82) is 0 Å². The van der Waals surface area contributed by atoms with Gasteiger partial charge in [0.1, 0.15) is 5.75 Å². The van der Waals surface area contributed by atoms with Crippen LogP contribution in [0.15, 0.2) is 30.5 Å². The van der Waals surface area contributed by atoms with E-state index in [0.717, 1.165) is 24.4 Å². The van der Waals surface area contributed by atoms with Gasteiger partial charge >= 0.3 is 0 Å². The fourth-order valence-corrected chi connectivity index (χ4v) is 1.80. The first kappa shape index (κ1) is 12.8. The lowest BCUT2D eigenvalue weighted by Crippen LogP contribution is -2.07. The number of rotatable bonds is 5. The van der Waals surface area contributed by atoms with Gasteiger partial charge in [-0.1, -0.05) is 17.7 Å². The number of ether oxygens (including phenoxy) is 1. The molecule has 0 aliphatic rings. The zero-order chi connectivity index (χ0) is 13.0. The number of halogens is 1. The van der Waals surface area contributed by atoms with Gasteiger partial charge in [0.05, 0.1) is 23.5 Å². The van der Waals surface area contributed by atoms with Crippen molar-refractivity contribution in [3.8, 4) is 5.75 Å². The maximum absolute atomic E-state index is 5.93. The molecule has 0 bridgehead atoms. The normalized spacial score (nSPS) is 10.6. The van der Waals surface area contributed by atoms with Crippen molar-refractivity contribution >= 4 is 17.3 Å². The van der Waals surface area contributed by atoms with E-state index >= 15 is 0 Å². The number of aromatic nitrogens is 2. The molecule has 0 fully saturated rings. The molecule has 0 amide bonds. The number of hydrogen-bond donors (Lipinski definition) is 1. The minimum Gasteiger partial charge on any atom is -0.493 e. The Morgan fingerprint density at radius 3 is 2.94 bits per heavy atom. The molecular formula is C13H16ClN3O. The lowest BCUT2D eigenvalue weighted by Gasteiger charge is -2.07. The third-order valence-corrected chi connectivity index (χ3v) is 3.06. The van der Waals surface area contributed by atoms with Crippen LogP contribution in [0.5, 0.6) is 5.75 Å². The first-order valence-electron chi connectivity index (χ1n) is 5.83. The van der Waals surface area contributed by atoms with Crippen molar-refractivity contribution in [3.63, 3.8) is 0 Å². The van der Waals surface area contributed by atoms with Crippen molar-refractivity contribution in [2.75, 3.05) is 12.3 Å². The zero-order valence-corrected chi connectivity index (χ0v) is 11.0. The van der Waals surface area contributed by atoms with Crippen molar-refractivity contribution in [2.45, 2.75) is 19.9 Å². The van der Waals surface area contributed by atoms with Gasteiger partial charge in [-0.25, -0.2) is 0 Å². The summed E-state index contributed by atoms with van der Waals surface area (Å²) in [5, 5.41) is 4.88. The molecule has 0 radical (unpaired) electrons. The minimum atomic E-state index is 0.625. The Bertz CT molecular complexity index is 525. The number of hydrogen-bond acceptors (Lipinski definition) is 3. The Morgan fingerprint density at radius 1 is 1.44 bits per heavy atom. The van der Waals surface area contributed by atoms with Crippen LogP contribution in [0, 0.1) is 6.92 Å². The second-order valence-electron chi connectivity index (χ2n) is 4.08. The number of benzene rings is 1. The molecule has 5 heteroatoms. The van der Waals surface area contributed by atoms with Crippen molar-refractivity contribution in [2.24, 2.45) is 0 Å². The second-order valence-corrected chi connectivity index (χ2v) is 4.48. The van der Waals surface area contributed by atoms with Crippen LogP contribution >= 0.6 is 11.6 Å². The fourth-order valence-electron chi connectivity index (χ4n) is 1.66. The monoisotopic (exact) mass is 265 g/mol. The van der Waals surface area contributed by atoms with Crippen LogP contribution in [-0.4, -0.2) is 16.4 Å². The van der Waals surface area contributed by atoms with E-state index in [2.05, 4.69) is 5.10 Å². The highest BCUT2D eigenvalue weighted by Crippen LogP contribution is 2.15. The lowest BCUT2D eigenvalue weighted by molar-refractivity contribution is 0.298. The van der Waals surface area contributed by atoms with Gasteiger partial charge < -0.3 is 10.5 Å². The summed E-state index contributed by atoms with van der Waals surface area (Å²) in [6.07, 6.45) is 2.53. The van der Waals surface area contributed by atoms with E-state index in [1.807, 2.05) is 35.9 Å². The summed E-state index contributed by atoms with van der Waals surface area (Å²) in [5.41, 5.74) is 7.36. The predicted octanol–water partition coefficient (Wildman–Crippen LogP) is 2.90. The Labute approximate surface area is 111 Å². The van der Waals surface area contributed by atoms with Crippen LogP contribution in [0.4, 0.5) is 5.69 Å². The van der Waals surface area contributed by atoms with E-state index in [0.29, 0.717) is 17.3 Å². The fraction of sp³-hybridized carbons (Fsp3) is 0.308. The summed E-state index contributed by atoms with van der Waals surface area (Å²) < 4.78 is 7.48. The summed E-state index contributed by atoms with van der Waals surface area (Å²) in [5.74, 6) is 0.796. The third-order valence-electron chi connectivity index (χ3n) is 2.68. The highest BCUT2D eigenvalue weighted by Gasteiger charge is 2.03. The molecule has 1 aromatic heterocycles. The highest BCUT2D eigenvalue weighted by molar-refractivity contribution is 6.31. The number of anilines is 1. The molecule has 0 atom stereocenters. The Balaban J connectivity index is 1.78. The summed E-state index contributed by atoms with van der Waals surface area (Å²) >= 11 is 5.93. The summed E-state index contributed by atoms with van der Waals surface area (Å²) in [6.45, 7) is 3.37. The summed E-state index contributed by atoms with van der Waals surface area (Å²) in [6, 6.07) is 7.42. The molecule has 0 aliphatic heterocycles. The first-order chi connectivity index (χ1) is 8.66. The molecule has 96 valence electrons. The van der Waals surface area contributed by atoms with Gasteiger partial charge in [0, 0.05) is 24.7 Å². The van der Waals surface area contributed by atoms with Crippen molar-refractivity contribution in [1.82, 2.24) is 9.78 Å². The molecular weight excluding hydrogens is 250 g/mol. The molecule has 0 saturated heterocycles. The van der Waals surface area contributed by atoms with Gasteiger partial charge in [0.2, 0.25) is 0 Å². The highest BCUT2D eigenvalue weighted by atomic mass is 35.5. The quantitative estimate of drug-likeness (QED) is 0.668. The third kappa shape index (κ3) is 3.17. The standard InChI is InChI=1S/C13H16ClN3O/c1-10-13(14)9-16-17(10)6-3-7-18-12-5-2-4-11(15)8-12/h2,4-5,8-9H,3,6-7,15H2,1H3. The van der Waals surface area contributed by atoms with Gasteiger partial charge in [-0.05, 0) is 19.1 Å². The Hall–Kier alpha value is -1.68. The molecule has 1 heterocycles. The first-order valence-corrected chi connectivity index (χ1v) is 6.21. The van der Waals surface area contributed by atoms with E-state index in [1.165, 1.54) is 0 Å². The van der Waals surface area contributed by atoms with Gasteiger partial charge in [-0.3, -0.25) is 4.68 Å². The van der Waals surface area contributed by atoms with Gasteiger partial charge in [0.25, 0.3) is 0 Å². The van der Waals surface area contributed by atoms with Crippen molar-refractivity contribution < 1.29 is 4.74 Å². The minimum absolute atomic E-state index is 0.625. The van der Waals surface area contributed by atoms with Crippen LogP contribution in [-0.2, 0) is 6.54 Å². The molecule has 18 heavy (non-hydrogen) atoms. The smallest absolute Gasteiger partial charge is 0.121 e. The lowest BCUT2D eigenvalue weighted by atomic mass is 10.3. The molecule has 4 nitrogen and oxygen atoms in total. The molecule has 2 rings (SSSR count). The van der Waals surface area contributed by atoms with Crippen LogP contribution in [0.2, 0.25) is 5.02 Å². The maximum atomic E-state index is 5.93. The van der Waals surface area contributed by atoms with Gasteiger partial charge in [0.15, 0.2) is 0 Å². The van der Waals surface area contributed by atoms with E-state index in [1.54, 1.807) is 6.20 Å². The number of nitrogens with two attached hydrogens (primary N) is 1. The number of aryl methyl sites for hydroxylation is 1. The Kier molecular flexibility index (Phi) is 4.10. The van der Waals surface area contributed by atoms with E-state index < -0.39 is 0 Å². The molecule has 0 saturated carbocycles. The molecule has 0 unspecified atom stereocenters. The Morgan fingerprint density at radius 2 is 2.28 bits per heavy atom. The number of nitrogen functional groups attached to an aromatic ring is 1. The molecule has 0 spiro atoms. The number of nitrogens with zero attached hydrogens (tertiary/aromatic N) is 2. The summed E-state index contributed by atoms with van der Waals surface area (Å²) in [7, 11) is 0. The SMILES string of the molecule is Cc1c(Cl)cnn1CCCOc1cccc(N)c1. The van der Waals surface area contributed by atoms with Crippen molar-refractivity contribution in [3.05, 3.63) is 41.2 Å². The largest absolute Gasteiger partial charge is 0.493 e. The molecule has 1 aromatic carbocycles. The predicted molar refractivity (Wildman–Crippen MR) is 72.9 cm³/mol. The average Bonchev–Trinajstić information content (AvgIpc) is 2.66. The van der Waals surface area contributed by atoms with Crippen LogP contribution in [0.1, 0.15) is 12.1 Å². The molecule has 2 aromatic rings. The van der Waals surface area contributed by atoms with E-state index in [-0.39, 0.29) is 0 Å². The van der Waals surface area contributed by atoms with Crippen LogP contribution in [0.3, 0.4) is 0 Å². The van der Waals surface area contributed by atoms with Crippen LogP contribution < -0.4 is 10.5 Å². The van der Waals surface area contributed by atoms with Gasteiger partial charge in [-0.2, -0.15) is 5.10 Å². The van der Waals surface area contributed by atoms with Gasteiger partial charge in [-0.15, -0.1) is 0 Å². The second kappa shape index (κ2) is 5.78. The molecule has 2 N–H and O–H groups in total. The topological polar surface area (TPSA) is 53.1 Å². The zero-order valence-electron chi connectivity index (χ0n) is 10.3. The van der Waals surface area contributed by atoms with E-state index in [4.69, 9.17) is 22.1 Å². The maximum Gasteiger partial charge on any atom is 0.121 e. The van der Waals surface area contributed by atoms with E-state index in [9.17, 15) is 0 Å². The van der Waals surface area contributed by atoms with Crippen LogP contribution in [0.25, 0.3) is 0 Å².